The Labute approximate surface area is 181 Å². The van der Waals surface area contributed by atoms with Crippen LogP contribution in [0.1, 0.15) is 30.9 Å². The van der Waals surface area contributed by atoms with Crippen LogP contribution in [0.25, 0.3) is 38.9 Å². The van der Waals surface area contributed by atoms with Gasteiger partial charge in [-0.15, -0.1) is 0 Å². The Morgan fingerprint density at radius 2 is 1.81 bits per heavy atom. The zero-order valence-corrected chi connectivity index (χ0v) is 17.3. The first-order valence-electron chi connectivity index (χ1n) is 11.0. The fourth-order valence-corrected chi connectivity index (χ4v) is 4.73. The second-order valence-corrected chi connectivity index (χ2v) is 8.29. The number of nitrogens with one attached hydrogen (secondary N) is 1. The van der Waals surface area contributed by atoms with E-state index in [0.29, 0.717) is 6.04 Å². The van der Waals surface area contributed by atoms with Gasteiger partial charge in [-0.05, 0) is 60.3 Å². The average Bonchev–Trinajstić information content (AvgIpc) is 3.27. The van der Waals surface area contributed by atoms with Gasteiger partial charge in [0.1, 0.15) is 5.65 Å². The number of pyridine rings is 2. The van der Waals surface area contributed by atoms with Crippen molar-refractivity contribution in [2.75, 3.05) is 6.54 Å². The van der Waals surface area contributed by atoms with Crippen molar-refractivity contribution < 1.29 is 0 Å². The lowest BCUT2D eigenvalue weighted by Gasteiger charge is -2.24. The number of fused-ring (bicyclic) bond motifs is 2. The van der Waals surface area contributed by atoms with E-state index in [4.69, 9.17) is 4.98 Å². The van der Waals surface area contributed by atoms with Crippen molar-refractivity contribution in [3.63, 3.8) is 0 Å². The molecule has 0 amide bonds. The fourth-order valence-electron chi connectivity index (χ4n) is 4.73. The third kappa shape index (κ3) is 3.29. The predicted octanol–water partition coefficient (Wildman–Crippen LogP) is 6.03. The maximum absolute atomic E-state index is 4.71. The van der Waals surface area contributed by atoms with Crippen molar-refractivity contribution in [3.05, 3.63) is 90.9 Å². The van der Waals surface area contributed by atoms with Crippen LogP contribution in [0.4, 0.5) is 0 Å². The summed E-state index contributed by atoms with van der Waals surface area (Å²) in [5.74, 6) is 0. The lowest BCUT2D eigenvalue weighted by Crippen LogP contribution is -2.26. The van der Waals surface area contributed by atoms with Crippen LogP contribution in [0.15, 0.2) is 85.3 Å². The molecule has 5 aromatic rings. The summed E-state index contributed by atoms with van der Waals surface area (Å²) in [6, 6.07) is 24.2. The zero-order valence-electron chi connectivity index (χ0n) is 17.3. The highest BCUT2D eigenvalue weighted by Crippen LogP contribution is 2.30. The molecule has 1 aliphatic heterocycles. The van der Waals surface area contributed by atoms with Gasteiger partial charge >= 0.3 is 0 Å². The highest BCUT2D eigenvalue weighted by Gasteiger charge is 2.15. The molecule has 1 saturated heterocycles. The van der Waals surface area contributed by atoms with E-state index in [9.17, 15) is 0 Å². The van der Waals surface area contributed by atoms with Gasteiger partial charge in [-0.2, -0.15) is 0 Å². The van der Waals surface area contributed by atoms with Crippen molar-refractivity contribution in [2.45, 2.75) is 25.3 Å². The molecule has 1 N–H and O–H groups in total. The number of benzene rings is 2. The number of hydrogen-bond acceptors (Lipinski definition) is 3. The van der Waals surface area contributed by atoms with E-state index < -0.39 is 0 Å². The van der Waals surface area contributed by atoms with E-state index in [0.717, 1.165) is 34.4 Å². The number of hydrogen-bond donors (Lipinski definition) is 1. The lowest BCUT2D eigenvalue weighted by molar-refractivity contribution is 0.412. The average molecular weight is 405 g/mol. The minimum atomic E-state index is 0.496. The lowest BCUT2D eigenvalue weighted by atomic mass is 9.95. The van der Waals surface area contributed by atoms with Crippen LogP contribution < -0.4 is 5.32 Å². The monoisotopic (exact) mass is 404 g/mol. The Hall–Kier alpha value is -3.50. The first kappa shape index (κ1) is 18.3. The van der Waals surface area contributed by atoms with Gasteiger partial charge in [-0.25, -0.2) is 4.98 Å². The van der Waals surface area contributed by atoms with Gasteiger partial charge in [0, 0.05) is 29.4 Å². The second-order valence-electron chi connectivity index (χ2n) is 8.29. The molecule has 3 aromatic heterocycles. The van der Waals surface area contributed by atoms with E-state index in [1.165, 1.54) is 36.0 Å². The molecular weight excluding hydrogens is 380 g/mol. The van der Waals surface area contributed by atoms with Crippen LogP contribution in [0.2, 0.25) is 0 Å². The van der Waals surface area contributed by atoms with Crippen LogP contribution in [0.5, 0.6) is 0 Å². The molecule has 1 aliphatic rings. The van der Waals surface area contributed by atoms with Gasteiger partial charge in [-0.1, -0.05) is 48.9 Å². The molecule has 6 rings (SSSR count). The molecule has 2 aromatic carbocycles. The van der Waals surface area contributed by atoms with Gasteiger partial charge in [0.05, 0.1) is 17.4 Å². The molecule has 4 heterocycles. The summed E-state index contributed by atoms with van der Waals surface area (Å²) in [5, 5.41) is 4.77. The Balaban J connectivity index is 1.36. The van der Waals surface area contributed by atoms with E-state index >= 15 is 0 Å². The smallest absolute Gasteiger partial charge is 0.137 e. The Kier molecular flexibility index (Phi) is 4.50. The largest absolute Gasteiger partial charge is 0.310 e. The van der Waals surface area contributed by atoms with Gasteiger partial charge in [-0.3, -0.25) is 9.38 Å². The molecule has 1 unspecified atom stereocenters. The zero-order chi connectivity index (χ0) is 20.6. The first-order valence-corrected chi connectivity index (χ1v) is 11.0. The van der Waals surface area contributed by atoms with Gasteiger partial charge < -0.3 is 5.32 Å². The Morgan fingerprint density at radius 3 is 2.68 bits per heavy atom. The summed E-state index contributed by atoms with van der Waals surface area (Å²) < 4.78 is 2.16. The quantitative estimate of drug-likeness (QED) is 0.399. The van der Waals surface area contributed by atoms with E-state index in [2.05, 4.69) is 75.5 Å². The van der Waals surface area contributed by atoms with Crippen LogP contribution in [-0.2, 0) is 0 Å². The summed E-state index contributed by atoms with van der Waals surface area (Å²) >= 11 is 0. The van der Waals surface area contributed by atoms with Gasteiger partial charge in [0.25, 0.3) is 0 Å². The van der Waals surface area contributed by atoms with Crippen LogP contribution >= 0.6 is 0 Å². The molecule has 31 heavy (non-hydrogen) atoms. The van der Waals surface area contributed by atoms with Crippen molar-refractivity contribution in [2.24, 2.45) is 0 Å². The third-order valence-corrected chi connectivity index (χ3v) is 6.39. The molecule has 0 saturated carbocycles. The summed E-state index contributed by atoms with van der Waals surface area (Å²) in [5.41, 5.74) is 7.98. The second kappa shape index (κ2) is 7.64. The first-order chi connectivity index (χ1) is 15.4. The molecule has 0 radical (unpaired) electrons. The van der Waals surface area contributed by atoms with Crippen molar-refractivity contribution in [1.29, 1.82) is 0 Å². The van der Waals surface area contributed by atoms with E-state index in [-0.39, 0.29) is 0 Å². The highest BCUT2D eigenvalue weighted by atomic mass is 15.0. The van der Waals surface area contributed by atoms with Crippen molar-refractivity contribution in [1.82, 2.24) is 19.7 Å². The molecule has 0 aliphatic carbocycles. The minimum absolute atomic E-state index is 0.496. The van der Waals surface area contributed by atoms with Crippen LogP contribution in [0.3, 0.4) is 0 Å². The Bertz CT molecular complexity index is 1360. The van der Waals surface area contributed by atoms with E-state index in [1.54, 1.807) is 0 Å². The molecule has 1 fully saturated rings. The predicted molar refractivity (Wildman–Crippen MR) is 126 cm³/mol. The topological polar surface area (TPSA) is 42.2 Å². The highest BCUT2D eigenvalue weighted by molar-refractivity contribution is 5.94. The maximum Gasteiger partial charge on any atom is 0.137 e. The minimum Gasteiger partial charge on any atom is -0.310 e. The number of piperidine rings is 1. The molecule has 0 spiro atoms. The van der Waals surface area contributed by atoms with Crippen LogP contribution in [0, 0.1) is 0 Å². The number of aromatic nitrogens is 3. The fraction of sp³-hybridized carbons (Fsp3) is 0.185. The molecule has 0 bridgehead atoms. The normalized spacial score (nSPS) is 16.7. The van der Waals surface area contributed by atoms with Gasteiger partial charge in [0.15, 0.2) is 0 Å². The maximum atomic E-state index is 4.71. The number of nitrogens with zero attached hydrogens (tertiary/aromatic N) is 3. The molecule has 4 heteroatoms. The Morgan fingerprint density at radius 1 is 0.871 bits per heavy atom. The SMILES string of the molecule is c1cc(-c2cnc3cc(-c4ccc(C5CCCCN5)cc4)ccn23)c2cccnc2c1. The number of imidazole rings is 1. The number of rotatable bonds is 3. The van der Waals surface area contributed by atoms with Gasteiger partial charge in [0.2, 0.25) is 0 Å². The van der Waals surface area contributed by atoms with Crippen molar-refractivity contribution >= 4 is 16.6 Å². The van der Waals surface area contributed by atoms with E-state index in [1.807, 2.05) is 24.5 Å². The molecular formula is C27H24N4. The standard InChI is InChI=1S/C27H24N4/c1-2-14-28-24(7-1)20-11-9-19(10-12-20)21-13-16-31-26(18-30-27(31)17-21)23-5-3-8-25-22(23)6-4-15-29-25/h3-6,8-13,15-18,24,28H,1-2,7,14H2. The van der Waals surface area contributed by atoms with Crippen molar-refractivity contribution in [3.8, 4) is 22.4 Å². The third-order valence-electron chi connectivity index (χ3n) is 6.39. The molecule has 4 nitrogen and oxygen atoms in total. The summed E-state index contributed by atoms with van der Waals surface area (Å²) in [6.07, 6.45) is 9.74. The van der Waals surface area contributed by atoms with Crippen LogP contribution in [-0.4, -0.2) is 20.9 Å². The summed E-state index contributed by atoms with van der Waals surface area (Å²) in [7, 11) is 0. The summed E-state index contributed by atoms with van der Waals surface area (Å²) in [6.45, 7) is 1.12. The molecule has 1 atom stereocenters. The molecule has 152 valence electrons. The summed E-state index contributed by atoms with van der Waals surface area (Å²) in [4.78, 5) is 9.20.